The molecule has 0 bridgehead atoms. The average molecular weight is 382 g/mol. The van der Waals surface area contributed by atoms with Crippen molar-refractivity contribution in [3.8, 4) is 0 Å². The average Bonchev–Trinajstić information content (AvgIpc) is 2.60. The number of benzene rings is 2. The smallest absolute Gasteiger partial charge is 0.260 e. The number of ketones is 1. The monoisotopic (exact) mass is 381 g/mol. The topological polar surface area (TPSA) is 54.5 Å². The van der Waals surface area contributed by atoms with E-state index in [0.717, 1.165) is 9.37 Å². The molecule has 1 unspecified atom stereocenters. The number of halogens is 1. The Balaban J connectivity index is 2.15. The highest BCUT2D eigenvalue weighted by Gasteiger charge is 2.51. The van der Waals surface area contributed by atoms with Crippen molar-refractivity contribution >= 4 is 33.5 Å². The number of fused-ring (bicyclic) bond motifs is 4. The van der Waals surface area contributed by atoms with E-state index >= 15 is 0 Å². The third-order valence-corrected chi connectivity index (χ3v) is 5.18. The van der Waals surface area contributed by atoms with Gasteiger partial charge in [0.25, 0.3) is 5.91 Å². The van der Waals surface area contributed by atoms with Gasteiger partial charge in [0.05, 0.1) is 0 Å². The fourth-order valence-corrected chi connectivity index (χ4v) is 3.89. The van der Waals surface area contributed by atoms with Gasteiger partial charge in [0.2, 0.25) is 5.91 Å². The van der Waals surface area contributed by atoms with Crippen LogP contribution < -0.4 is 0 Å². The molecule has 2 aromatic carbocycles. The van der Waals surface area contributed by atoms with Gasteiger partial charge in [-0.25, -0.2) is 0 Å². The quantitative estimate of drug-likeness (QED) is 0.658. The number of hydrogen-bond donors (Lipinski definition) is 0. The second-order valence-electron chi connectivity index (χ2n) is 5.91. The van der Waals surface area contributed by atoms with E-state index in [9.17, 15) is 14.4 Å². The van der Waals surface area contributed by atoms with Gasteiger partial charge in [-0.05, 0) is 41.5 Å². The highest BCUT2D eigenvalue weighted by molar-refractivity contribution is 9.10. The summed E-state index contributed by atoms with van der Waals surface area (Å²) < 4.78 is 0.772. The molecule has 0 radical (unpaired) electrons. The molecule has 2 amide bonds. The number of likely N-dealkylation sites (N-methyl/N-ethyl adjacent to an activating group) is 1. The maximum absolute atomic E-state index is 13.2. The van der Waals surface area contributed by atoms with Crippen LogP contribution in [0.25, 0.3) is 0 Å². The van der Waals surface area contributed by atoms with Crippen LogP contribution in [0.1, 0.15) is 31.8 Å². The predicted octanol–water partition coefficient (Wildman–Crippen LogP) is 3.10. The maximum atomic E-state index is 13.2. The van der Waals surface area contributed by atoms with Gasteiger partial charge >= 0.3 is 0 Å². The van der Waals surface area contributed by atoms with Gasteiger partial charge in [-0.2, -0.15) is 0 Å². The van der Waals surface area contributed by atoms with Crippen LogP contribution in [-0.4, -0.2) is 29.5 Å². The van der Waals surface area contributed by atoms with Crippen molar-refractivity contribution in [1.82, 2.24) is 4.90 Å². The van der Waals surface area contributed by atoms with E-state index in [1.807, 2.05) is 0 Å². The summed E-state index contributed by atoms with van der Waals surface area (Å²) in [6.07, 6.45) is 3.04. The zero-order chi connectivity index (χ0) is 17.1. The molecular weight excluding hydrogens is 370 g/mol. The van der Waals surface area contributed by atoms with Crippen LogP contribution in [0.15, 0.2) is 59.1 Å². The number of nitrogens with zero attached hydrogens (tertiary/aromatic N) is 1. The summed E-state index contributed by atoms with van der Waals surface area (Å²) in [6.45, 7) is 0. The molecule has 1 atom stereocenters. The summed E-state index contributed by atoms with van der Waals surface area (Å²) >= 11 is 3.42. The van der Waals surface area contributed by atoms with E-state index in [-0.39, 0.29) is 17.6 Å². The van der Waals surface area contributed by atoms with Crippen LogP contribution in [0.2, 0.25) is 0 Å². The number of imide groups is 1. The first-order valence-corrected chi connectivity index (χ1v) is 8.21. The van der Waals surface area contributed by atoms with Crippen molar-refractivity contribution in [2.24, 2.45) is 0 Å². The maximum Gasteiger partial charge on any atom is 0.260 e. The third kappa shape index (κ3) is 1.76. The van der Waals surface area contributed by atoms with Crippen molar-refractivity contribution in [2.45, 2.75) is 5.41 Å². The fraction of sp³-hybridized carbons (Fsp3) is 0.105. The van der Waals surface area contributed by atoms with E-state index in [4.69, 9.17) is 0 Å². The van der Waals surface area contributed by atoms with Crippen LogP contribution >= 0.6 is 15.9 Å². The minimum Gasteiger partial charge on any atom is -0.289 e. The number of allylic oxidation sites excluding steroid dienone is 1. The van der Waals surface area contributed by atoms with Gasteiger partial charge in [-0.15, -0.1) is 0 Å². The predicted molar refractivity (Wildman–Crippen MR) is 91.9 cm³/mol. The first-order valence-electron chi connectivity index (χ1n) is 7.42. The molecule has 2 aliphatic rings. The number of carbonyl (C=O) groups is 3. The van der Waals surface area contributed by atoms with E-state index in [0.29, 0.717) is 22.3 Å². The lowest BCUT2D eigenvalue weighted by molar-refractivity contribution is -0.131. The van der Waals surface area contributed by atoms with Crippen LogP contribution in [0.5, 0.6) is 0 Å². The number of carbonyl (C=O) groups excluding carboxylic acids is 3. The second kappa shape index (κ2) is 4.98. The highest BCUT2D eigenvalue weighted by Crippen LogP contribution is 2.45. The molecule has 1 aliphatic heterocycles. The SMILES string of the molecule is CN1C(=O)c2ccccc2C2(C=CC(=O)c3ccc(Br)cc32)C1=O. The molecule has 2 aromatic rings. The van der Waals surface area contributed by atoms with Crippen LogP contribution in [0.4, 0.5) is 0 Å². The van der Waals surface area contributed by atoms with Crippen molar-refractivity contribution in [3.63, 3.8) is 0 Å². The van der Waals surface area contributed by atoms with Crippen molar-refractivity contribution in [1.29, 1.82) is 0 Å². The van der Waals surface area contributed by atoms with Gasteiger partial charge in [-0.3, -0.25) is 19.3 Å². The molecule has 0 aromatic heterocycles. The van der Waals surface area contributed by atoms with Crippen LogP contribution in [0.3, 0.4) is 0 Å². The van der Waals surface area contributed by atoms with Crippen LogP contribution in [0, 0.1) is 0 Å². The van der Waals surface area contributed by atoms with Gasteiger partial charge in [0.15, 0.2) is 5.78 Å². The highest BCUT2D eigenvalue weighted by atomic mass is 79.9. The largest absolute Gasteiger partial charge is 0.289 e. The van der Waals surface area contributed by atoms with E-state index in [1.165, 1.54) is 13.1 Å². The zero-order valence-electron chi connectivity index (χ0n) is 12.7. The molecular formula is C19H12BrNO3. The molecule has 0 saturated heterocycles. The van der Waals surface area contributed by atoms with Gasteiger partial charge in [-0.1, -0.05) is 40.2 Å². The van der Waals surface area contributed by atoms with E-state index < -0.39 is 5.41 Å². The molecule has 1 aliphatic carbocycles. The Hall–Kier alpha value is -2.53. The Kier molecular flexibility index (Phi) is 3.12. The Labute approximate surface area is 146 Å². The molecule has 0 N–H and O–H groups in total. The number of rotatable bonds is 0. The summed E-state index contributed by atoms with van der Waals surface area (Å²) in [6, 6.07) is 12.3. The minimum absolute atomic E-state index is 0.145. The van der Waals surface area contributed by atoms with Gasteiger partial charge in [0, 0.05) is 22.6 Å². The second-order valence-corrected chi connectivity index (χ2v) is 6.83. The molecule has 4 nitrogen and oxygen atoms in total. The van der Waals surface area contributed by atoms with Gasteiger partial charge in [0.1, 0.15) is 5.41 Å². The minimum atomic E-state index is -1.16. The summed E-state index contributed by atoms with van der Waals surface area (Å²) in [5.74, 6) is -0.828. The molecule has 1 heterocycles. The standard InChI is InChI=1S/C19H12BrNO3/c1-21-17(23)13-4-2-3-5-14(13)19(18(21)24)9-8-16(22)12-7-6-11(20)10-15(12)19/h2-10H,1H3. The third-order valence-electron chi connectivity index (χ3n) is 4.69. The Bertz CT molecular complexity index is 963. The summed E-state index contributed by atoms with van der Waals surface area (Å²) in [4.78, 5) is 39.1. The van der Waals surface area contributed by atoms with E-state index in [1.54, 1.807) is 48.5 Å². The van der Waals surface area contributed by atoms with Crippen molar-refractivity contribution in [2.75, 3.05) is 7.05 Å². The van der Waals surface area contributed by atoms with Gasteiger partial charge < -0.3 is 0 Å². The molecule has 24 heavy (non-hydrogen) atoms. The molecule has 1 spiro atoms. The van der Waals surface area contributed by atoms with Crippen LogP contribution in [-0.2, 0) is 10.2 Å². The lowest BCUT2D eigenvalue weighted by Gasteiger charge is -2.41. The lowest BCUT2D eigenvalue weighted by Crippen LogP contribution is -2.53. The lowest BCUT2D eigenvalue weighted by atomic mass is 9.65. The van der Waals surface area contributed by atoms with Crippen molar-refractivity contribution < 1.29 is 14.4 Å². The molecule has 118 valence electrons. The number of amides is 2. The van der Waals surface area contributed by atoms with E-state index in [2.05, 4.69) is 15.9 Å². The Morgan fingerprint density at radius 3 is 2.50 bits per heavy atom. The molecule has 4 rings (SSSR count). The fourth-order valence-electron chi connectivity index (χ4n) is 3.53. The molecule has 0 fully saturated rings. The first kappa shape index (κ1) is 15.0. The summed E-state index contributed by atoms with van der Waals surface area (Å²) in [5, 5.41) is 0. The Morgan fingerprint density at radius 1 is 0.958 bits per heavy atom. The normalized spacial score (nSPS) is 21.9. The Morgan fingerprint density at radius 2 is 1.71 bits per heavy atom. The molecule has 0 saturated carbocycles. The van der Waals surface area contributed by atoms with Crippen molar-refractivity contribution in [3.05, 3.63) is 81.3 Å². The summed E-state index contributed by atoms with van der Waals surface area (Å²) in [5.41, 5.74) is 1.00. The molecule has 5 heteroatoms. The summed E-state index contributed by atoms with van der Waals surface area (Å²) in [7, 11) is 1.48. The number of hydrogen-bond acceptors (Lipinski definition) is 3. The first-order chi connectivity index (χ1) is 11.5. The zero-order valence-corrected chi connectivity index (χ0v) is 14.3.